The van der Waals surface area contributed by atoms with Crippen molar-refractivity contribution in [2.75, 3.05) is 18.5 Å². The zero-order valence-electron chi connectivity index (χ0n) is 7.24. The van der Waals surface area contributed by atoms with Crippen molar-refractivity contribution < 1.29 is 5.11 Å². The van der Waals surface area contributed by atoms with Gasteiger partial charge in [-0.05, 0) is 0 Å². The number of anilines is 1. The summed E-state index contributed by atoms with van der Waals surface area (Å²) in [5.41, 5.74) is 0.165. The Morgan fingerprint density at radius 2 is 2.43 bits per heavy atom. The SMILES string of the molecule is O=c1[nH]c(NCCO)nc2[nH]ncc12. The van der Waals surface area contributed by atoms with Crippen LogP contribution < -0.4 is 10.9 Å². The lowest BCUT2D eigenvalue weighted by Gasteiger charge is -2.01. The van der Waals surface area contributed by atoms with Crippen LogP contribution in [0.1, 0.15) is 0 Å². The van der Waals surface area contributed by atoms with Crippen LogP contribution in [0.3, 0.4) is 0 Å². The molecule has 0 aliphatic heterocycles. The third-order valence-corrected chi connectivity index (χ3v) is 1.72. The average molecular weight is 195 g/mol. The molecule has 0 atom stereocenters. The molecule has 0 amide bonds. The van der Waals surface area contributed by atoms with Gasteiger partial charge in [0.2, 0.25) is 5.95 Å². The van der Waals surface area contributed by atoms with Crippen LogP contribution >= 0.6 is 0 Å². The second kappa shape index (κ2) is 3.46. The number of nitrogens with one attached hydrogen (secondary N) is 3. The molecule has 0 aromatic carbocycles. The first-order chi connectivity index (χ1) is 6.81. The molecule has 0 radical (unpaired) electrons. The molecule has 2 aromatic heterocycles. The Hall–Kier alpha value is -1.89. The molecule has 7 heteroatoms. The third-order valence-electron chi connectivity index (χ3n) is 1.72. The Kier molecular flexibility index (Phi) is 2.15. The molecule has 0 bridgehead atoms. The van der Waals surface area contributed by atoms with Crippen molar-refractivity contribution in [1.82, 2.24) is 20.2 Å². The molecule has 0 saturated heterocycles. The number of aromatic amines is 2. The van der Waals surface area contributed by atoms with E-state index in [2.05, 4.69) is 25.5 Å². The Bertz CT molecular complexity index is 488. The second-order valence-corrected chi connectivity index (χ2v) is 2.70. The first kappa shape index (κ1) is 8.70. The molecular formula is C7H9N5O2. The van der Waals surface area contributed by atoms with Gasteiger partial charge in [-0.1, -0.05) is 0 Å². The van der Waals surface area contributed by atoms with Gasteiger partial charge in [-0.3, -0.25) is 14.9 Å². The van der Waals surface area contributed by atoms with E-state index in [1.807, 2.05) is 0 Å². The molecule has 0 aliphatic rings. The summed E-state index contributed by atoms with van der Waals surface area (Å²) in [5.74, 6) is 0.320. The van der Waals surface area contributed by atoms with Crippen molar-refractivity contribution in [2.24, 2.45) is 0 Å². The highest BCUT2D eigenvalue weighted by Gasteiger charge is 2.03. The van der Waals surface area contributed by atoms with Crippen LogP contribution in [-0.2, 0) is 0 Å². The number of H-pyrrole nitrogens is 2. The second-order valence-electron chi connectivity index (χ2n) is 2.70. The number of fused-ring (bicyclic) bond motifs is 1. The maximum absolute atomic E-state index is 11.4. The zero-order valence-corrected chi connectivity index (χ0v) is 7.24. The van der Waals surface area contributed by atoms with E-state index in [9.17, 15) is 4.79 Å². The number of rotatable bonds is 3. The highest BCUT2D eigenvalue weighted by Crippen LogP contribution is 2.02. The van der Waals surface area contributed by atoms with Crippen LogP contribution in [0.15, 0.2) is 11.0 Å². The normalized spacial score (nSPS) is 10.6. The van der Waals surface area contributed by atoms with Gasteiger partial charge in [-0.2, -0.15) is 10.1 Å². The fraction of sp³-hybridized carbons (Fsp3) is 0.286. The van der Waals surface area contributed by atoms with E-state index < -0.39 is 0 Å². The molecule has 4 N–H and O–H groups in total. The highest BCUT2D eigenvalue weighted by atomic mass is 16.3. The highest BCUT2D eigenvalue weighted by molar-refractivity contribution is 5.73. The molecule has 7 nitrogen and oxygen atoms in total. The van der Waals surface area contributed by atoms with Crippen molar-refractivity contribution in [3.05, 3.63) is 16.6 Å². The standard InChI is InChI=1S/C7H9N5O2/c13-2-1-8-7-10-5-4(3-9-12-5)6(14)11-7/h3,13H,1-2H2,(H3,8,9,10,11,12,14). The molecule has 0 fully saturated rings. The number of hydrogen-bond acceptors (Lipinski definition) is 5. The maximum atomic E-state index is 11.4. The Labute approximate surface area is 78.2 Å². The summed E-state index contributed by atoms with van der Waals surface area (Å²) in [7, 11) is 0. The van der Waals surface area contributed by atoms with Crippen LogP contribution in [0.2, 0.25) is 0 Å². The van der Waals surface area contributed by atoms with Crippen LogP contribution in [0, 0.1) is 0 Å². The Balaban J connectivity index is 2.43. The molecule has 0 saturated carbocycles. The quantitative estimate of drug-likeness (QED) is 0.505. The first-order valence-corrected chi connectivity index (χ1v) is 4.09. The van der Waals surface area contributed by atoms with Crippen molar-refractivity contribution in [3.63, 3.8) is 0 Å². The van der Waals surface area contributed by atoms with E-state index in [1.54, 1.807) is 0 Å². The fourth-order valence-electron chi connectivity index (χ4n) is 1.10. The van der Waals surface area contributed by atoms with E-state index in [4.69, 9.17) is 5.11 Å². The van der Waals surface area contributed by atoms with Crippen LogP contribution in [0.25, 0.3) is 11.0 Å². The van der Waals surface area contributed by atoms with Gasteiger partial charge in [0.25, 0.3) is 5.56 Å². The lowest BCUT2D eigenvalue weighted by Crippen LogP contribution is -2.14. The van der Waals surface area contributed by atoms with Gasteiger partial charge in [0.15, 0.2) is 5.65 Å². The summed E-state index contributed by atoms with van der Waals surface area (Å²) < 4.78 is 0. The largest absolute Gasteiger partial charge is 0.395 e. The molecule has 0 unspecified atom stereocenters. The van der Waals surface area contributed by atoms with E-state index in [0.29, 0.717) is 23.5 Å². The van der Waals surface area contributed by atoms with Crippen LogP contribution in [0.5, 0.6) is 0 Å². The van der Waals surface area contributed by atoms with Gasteiger partial charge >= 0.3 is 0 Å². The van der Waals surface area contributed by atoms with Crippen molar-refractivity contribution >= 4 is 17.0 Å². The maximum Gasteiger partial charge on any atom is 0.263 e. The van der Waals surface area contributed by atoms with E-state index in [0.717, 1.165) is 0 Å². The summed E-state index contributed by atoms with van der Waals surface area (Å²) in [4.78, 5) is 17.9. The Morgan fingerprint density at radius 3 is 3.21 bits per heavy atom. The molecule has 14 heavy (non-hydrogen) atoms. The average Bonchev–Trinajstić information content (AvgIpc) is 2.63. The van der Waals surface area contributed by atoms with E-state index in [-0.39, 0.29) is 12.2 Å². The minimum Gasteiger partial charge on any atom is -0.395 e. The Morgan fingerprint density at radius 1 is 1.57 bits per heavy atom. The number of hydrogen-bond donors (Lipinski definition) is 4. The summed E-state index contributed by atoms with van der Waals surface area (Å²) in [5, 5.41) is 18.0. The summed E-state index contributed by atoms with van der Waals surface area (Å²) >= 11 is 0. The zero-order chi connectivity index (χ0) is 9.97. The predicted octanol–water partition coefficient (Wildman–Crippen LogP) is -0.950. The van der Waals surface area contributed by atoms with Gasteiger partial charge in [-0.15, -0.1) is 0 Å². The minimum atomic E-state index is -0.260. The third kappa shape index (κ3) is 1.44. The lowest BCUT2D eigenvalue weighted by atomic mass is 10.4. The monoisotopic (exact) mass is 195 g/mol. The molecule has 2 aromatic rings. The number of aromatic nitrogens is 4. The summed E-state index contributed by atoms with van der Waals surface area (Å²) in [6.07, 6.45) is 1.41. The number of aliphatic hydroxyl groups is 1. The van der Waals surface area contributed by atoms with E-state index in [1.165, 1.54) is 6.20 Å². The number of nitrogens with zero attached hydrogens (tertiary/aromatic N) is 2. The number of aliphatic hydroxyl groups excluding tert-OH is 1. The topological polar surface area (TPSA) is 107 Å². The van der Waals surface area contributed by atoms with Crippen LogP contribution in [-0.4, -0.2) is 38.4 Å². The first-order valence-electron chi connectivity index (χ1n) is 4.09. The molecule has 0 aliphatic carbocycles. The van der Waals surface area contributed by atoms with Gasteiger partial charge in [0.05, 0.1) is 12.8 Å². The van der Waals surface area contributed by atoms with Gasteiger partial charge in [0.1, 0.15) is 5.39 Å². The smallest absolute Gasteiger partial charge is 0.263 e. The molecule has 2 rings (SSSR count). The lowest BCUT2D eigenvalue weighted by molar-refractivity contribution is 0.311. The molecular weight excluding hydrogens is 186 g/mol. The van der Waals surface area contributed by atoms with E-state index >= 15 is 0 Å². The van der Waals surface area contributed by atoms with Crippen LogP contribution in [0.4, 0.5) is 5.95 Å². The molecule has 0 spiro atoms. The predicted molar refractivity (Wildman–Crippen MR) is 50.1 cm³/mol. The minimum absolute atomic E-state index is 0.0231. The van der Waals surface area contributed by atoms with Crippen molar-refractivity contribution in [3.8, 4) is 0 Å². The van der Waals surface area contributed by atoms with Gasteiger partial charge in [0, 0.05) is 6.54 Å². The fourth-order valence-corrected chi connectivity index (χ4v) is 1.10. The van der Waals surface area contributed by atoms with Crippen molar-refractivity contribution in [2.45, 2.75) is 0 Å². The van der Waals surface area contributed by atoms with Gasteiger partial charge in [-0.25, -0.2) is 0 Å². The summed E-state index contributed by atoms with van der Waals surface area (Å²) in [6, 6.07) is 0. The molecule has 2 heterocycles. The summed E-state index contributed by atoms with van der Waals surface area (Å²) in [6.45, 7) is 0.313. The van der Waals surface area contributed by atoms with Crippen molar-refractivity contribution in [1.29, 1.82) is 0 Å². The van der Waals surface area contributed by atoms with Gasteiger partial charge < -0.3 is 10.4 Å². The molecule has 74 valence electrons.